The molecule has 3 N–H and O–H groups in total. The third-order valence-electron chi connectivity index (χ3n) is 3.24. The van der Waals surface area contributed by atoms with E-state index in [1.807, 2.05) is 24.3 Å². The maximum absolute atomic E-state index is 11.9. The Bertz CT molecular complexity index is 699. The van der Waals surface area contributed by atoms with E-state index < -0.39 is 18.0 Å². The normalized spacial score (nSPS) is 11.6. The van der Waals surface area contributed by atoms with Crippen LogP contribution in [0.25, 0.3) is 0 Å². The number of imide groups is 1. The van der Waals surface area contributed by atoms with Crippen molar-refractivity contribution in [3.05, 3.63) is 47.2 Å². The van der Waals surface area contributed by atoms with Crippen molar-refractivity contribution < 1.29 is 9.59 Å². The largest absolute Gasteiger partial charge is 0.371 e. The van der Waals surface area contributed by atoms with Crippen molar-refractivity contribution >= 4 is 29.2 Å². The molecular weight excluding hydrogens is 330 g/mol. The third-order valence-corrected chi connectivity index (χ3v) is 3.49. The van der Waals surface area contributed by atoms with Gasteiger partial charge in [-0.25, -0.2) is 4.79 Å². The molecular formula is C16H20ClN5O2. The van der Waals surface area contributed by atoms with Crippen LogP contribution in [0.1, 0.15) is 19.4 Å². The summed E-state index contributed by atoms with van der Waals surface area (Å²) in [4.78, 5) is 23.2. The van der Waals surface area contributed by atoms with E-state index in [4.69, 9.17) is 11.6 Å². The van der Waals surface area contributed by atoms with Crippen LogP contribution in [-0.4, -0.2) is 34.3 Å². The van der Waals surface area contributed by atoms with Gasteiger partial charge in [0.25, 0.3) is 0 Å². The highest BCUT2D eigenvalue weighted by Crippen LogP contribution is 2.12. The van der Waals surface area contributed by atoms with Gasteiger partial charge in [0.05, 0.1) is 18.4 Å². The molecule has 1 heterocycles. The van der Waals surface area contributed by atoms with Crippen molar-refractivity contribution in [1.29, 1.82) is 0 Å². The van der Waals surface area contributed by atoms with Gasteiger partial charge < -0.3 is 10.6 Å². The second kappa shape index (κ2) is 8.35. The van der Waals surface area contributed by atoms with Gasteiger partial charge >= 0.3 is 6.03 Å². The number of hydrogen-bond acceptors (Lipinski definition) is 4. The third kappa shape index (κ3) is 5.27. The van der Waals surface area contributed by atoms with Gasteiger partial charge in [0, 0.05) is 17.8 Å². The maximum atomic E-state index is 11.9. The summed E-state index contributed by atoms with van der Waals surface area (Å²) in [5.41, 5.74) is 1.76. The fourth-order valence-corrected chi connectivity index (χ4v) is 2.17. The number of carbonyl (C=O) groups is 2. The van der Waals surface area contributed by atoms with Gasteiger partial charge in [0.1, 0.15) is 6.04 Å². The van der Waals surface area contributed by atoms with Crippen LogP contribution in [0.5, 0.6) is 0 Å². The molecule has 24 heavy (non-hydrogen) atoms. The molecule has 0 aliphatic heterocycles. The number of amides is 3. The van der Waals surface area contributed by atoms with Crippen LogP contribution in [0.4, 0.5) is 10.5 Å². The Morgan fingerprint density at radius 2 is 2.00 bits per heavy atom. The van der Waals surface area contributed by atoms with Crippen LogP contribution in [0.15, 0.2) is 36.7 Å². The van der Waals surface area contributed by atoms with Crippen molar-refractivity contribution in [2.45, 2.75) is 26.4 Å². The summed E-state index contributed by atoms with van der Waals surface area (Å²) >= 11 is 5.86. The lowest BCUT2D eigenvalue weighted by molar-refractivity contribution is -0.120. The van der Waals surface area contributed by atoms with Crippen molar-refractivity contribution in [2.24, 2.45) is 0 Å². The van der Waals surface area contributed by atoms with Crippen molar-refractivity contribution in [3.63, 3.8) is 0 Å². The molecule has 1 aromatic carbocycles. The number of nitrogens with zero attached hydrogens (tertiary/aromatic N) is 2. The molecule has 1 aromatic heterocycles. The lowest BCUT2D eigenvalue weighted by Gasteiger charge is -2.13. The first-order valence-electron chi connectivity index (χ1n) is 7.60. The van der Waals surface area contributed by atoms with Crippen LogP contribution < -0.4 is 16.0 Å². The molecule has 1 unspecified atom stereocenters. The molecule has 0 spiro atoms. The lowest BCUT2D eigenvalue weighted by atomic mass is 10.2. The van der Waals surface area contributed by atoms with E-state index in [-0.39, 0.29) is 0 Å². The standard InChI is InChI=1S/C16H20ClN5O2/c1-3-18-16(24)21-15(23)11(2)20-14-8-19-22(10-14)9-12-4-6-13(17)7-5-12/h4-8,10-11,20H,3,9H2,1-2H3,(H2,18,21,23,24). The molecule has 0 aliphatic carbocycles. The average Bonchev–Trinajstić information content (AvgIpc) is 2.96. The topological polar surface area (TPSA) is 88.1 Å². The molecule has 0 saturated carbocycles. The number of hydrogen-bond donors (Lipinski definition) is 3. The van der Waals surface area contributed by atoms with Crippen molar-refractivity contribution in [3.8, 4) is 0 Å². The minimum atomic E-state index is -0.569. The summed E-state index contributed by atoms with van der Waals surface area (Å²) < 4.78 is 1.75. The van der Waals surface area contributed by atoms with Gasteiger partial charge in [-0.05, 0) is 31.5 Å². The number of anilines is 1. The van der Waals surface area contributed by atoms with E-state index in [0.717, 1.165) is 5.56 Å². The second-order valence-electron chi connectivity index (χ2n) is 5.27. The Balaban J connectivity index is 1.89. The van der Waals surface area contributed by atoms with Crippen LogP contribution >= 0.6 is 11.6 Å². The number of carbonyl (C=O) groups excluding carboxylic acids is 2. The molecule has 0 radical (unpaired) electrons. The first kappa shape index (κ1) is 17.8. The first-order valence-corrected chi connectivity index (χ1v) is 7.98. The van der Waals surface area contributed by atoms with E-state index in [9.17, 15) is 9.59 Å². The van der Waals surface area contributed by atoms with Gasteiger partial charge in [-0.3, -0.25) is 14.8 Å². The second-order valence-corrected chi connectivity index (χ2v) is 5.70. The quantitative estimate of drug-likeness (QED) is 0.746. The molecule has 8 heteroatoms. The molecule has 0 bridgehead atoms. The highest BCUT2D eigenvalue weighted by molar-refractivity contribution is 6.30. The number of aromatic nitrogens is 2. The molecule has 0 fully saturated rings. The number of rotatable bonds is 6. The zero-order valence-corrected chi connectivity index (χ0v) is 14.3. The molecule has 2 rings (SSSR count). The smallest absolute Gasteiger partial charge is 0.321 e. The Morgan fingerprint density at radius 3 is 2.67 bits per heavy atom. The predicted molar refractivity (Wildman–Crippen MR) is 93.1 cm³/mol. The Labute approximate surface area is 145 Å². The van der Waals surface area contributed by atoms with Gasteiger partial charge in [0.2, 0.25) is 5.91 Å². The Hall–Kier alpha value is -2.54. The minimum absolute atomic E-state index is 0.411. The summed E-state index contributed by atoms with van der Waals surface area (Å²) in [6, 6.07) is 6.44. The van der Waals surface area contributed by atoms with Crippen molar-refractivity contribution in [1.82, 2.24) is 20.4 Å². The summed E-state index contributed by atoms with van der Waals surface area (Å²) in [5.74, 6) is -0.411. The number of nitrogens with one attached hydrogen (secondary N) is 3. The van der Waals surface area contributed by atoms with Gasteiger partial charge in [-0.2, -0.15) is 5.10 Å². The fourth-order valence-electron chi connectivity index (χ4n) is 2.04. The predicted octanol–water partition coefficient (Wildman–Crippen LogP) is 2.23. The molecule has 2 aromatic rings. The Kier molecular flexibility index (Phi) is 6.20. The summed E-state index contributed by atoms with van der Waals surface area (Å²) in [6.07, 6.45) is 3.43. The Morgan fingerprint density at radius 1 is 1.29 bits per heavy atom. The molecule has 128 valence electrons. The molecule has 3 amide bonds. The number of halogens is 1. The van der Waals surface area contributed by atoms with Crippen LogP contribution in [0.3, 0.4) is 0 Å². The van der Waals surface area contributed by atoms with E-state index >= 15 is 0 Å². The van der Waals surface area contributed by atoms with E-state index in [1.54, 1.807) is 30.9 Å². The molecule has 0 saturated heterocycles. The van der Waals surface area contributed by atoms with Gasteiger partial charge in [-0.15, -0.1) is 0 Å². The highest BCUT2D eigenvalue weighted by atomic mass is 35.5. The first-order chi connectivity index (χ1) is 11.5. The summed E-state index contributed by atoms with van der Waals surface area (Å²) in [6.45, 7) is 4.50. The molecule has 1 atom stereocenters. The van der Waals surface area contributed by atoms with Crippen LogP contribution in [0.2, 0.25) is 5.02 Å². The maximum Gasteiger partial charge on any atom is 0.321 e. The van der Waals surface area contributed by atoms with E-state index in [2.05, 4.69) is 21.0 Å². The SMILES string of the molecule is CCNC(=O)NC(=O)C(C)Nc1cnn(Cc2ccc(Cl)cc2)c1. The van der Waals surface area contributed by atoms with E-state index in [1.165, 1.54) is 0 Å². The minimum Gasteiger partial charge on any atom is -0.371 e. The number of benzene rings is 1. The zero-order valence-electron chi connectivity index (χ0n) is 13.5. The van der Waals surface area contributed by atoms with E-state index in [0.29, 0.717) is 23.8 Å². The van der Waals surface area contributed by atoms with Crippen LogP contribution in [-0.2, 0) is 11.3 Å². The fraction of sp³-hybridized carbons (Fsp3) is 0.312. The van der Waals surface area contributed by atoms with Gasteiger partial charge in [-0.1, -0.05) is 23.7 Å². The number of urea groups is 1. The highest BCUT2D eigenvalue weighted by Gasteiger charge is 2.15. The zero-order chi connectivity index (χ0) is 17.5. The molecule has 0 aliphatic rings. The van der Waals surface area contributed by atoms with Crippen LogP contribution in [0, 0.1) is 0 Å². The average molecular weight is 350 g/mol. The van der Waals surface area contributed by atoms with Crippen molar-refractivity contribution in [2.75, 3.05) is 11.9 Å². The van der Waals surface area contributed by atoms with Gasteiger partial charge in [0.15, 0.2) is 0 Å². The molecule has 7 nitrogen and oxygen atoms in total. The summed E-state index contributed by atoms with van der Waals surface area (Å²) in [7, 11) is 0. The monoisotopic (exact) mass is 349 g/mol. The lowest BCUT2D eigenvalue weighted by Crippen LogP contribution is -2.45. The summed E-state index contributed by atoms with van der Waals surface area (Å²) in [5, 5.41) is 12.7.